The summed E-state index contributed by atoms with van der Waals surface area (Å²) in [6.45, 7) is 12.6. The van der Waals surface area contributed by atoms with E-state index in [4.69, 9.17) is 0 Å². The highest BCUT2D eigenvalue weighted by Gasteiger charge is 2.17. The Morgan fingerprint density at radius 2 is 1.89 bits per heavy atom. The van der Waals surface area contributed by atoms with E-state index in [9.17, 15) is 5.11 Å². The van der Waals surface area contributed by atoms with Crippen LogP contribution in [0.3, 0.4) is 0 Å². The molecule has 0 atom stereocenters. The van der Waals surface area contributed by atoms with Gasteiger partial charge in [0.2, 0.25) is 0 Å². The van der Waals surface area contributed by atoms with Crippen LogP contribution in [-0.4, -0.2) is 51.1 Å². The number of imidazole rings is 1. The number of nitrogens with one attached hydrogen (secondary N) is 1. The number of H-pyrrole nitrogens is 1. The number of aliphatic hydroxyl groups excluding tert-OH is 1. The number of benzene rings is 1. The zero-order valence-corrected chi connectivity index (χ0v) is 17.0. The molecule has 1 saturated heterocycles. The van der Waals surface area contributed by atoms with Gasteiger partial charge in [0.05, 0.1) is 13.2 Å². The summed E-state index contributed by atoms with van der Waals surface area (Å²) in [6, 6.07) is 4.70. The van der Waals surface area contributed by atoms with Crippen molar-refractivity contribution in [3.05, 3.63) is 52.6 Å². The van der Waals surface area contributed by atoms with Crippen molar-refractivity contribution < 1.29 is 5.11 Å². The molecule has 0 bridgehead atoms. The number of aliphatic hydroxyl groups is 1. The first kappa shape index (κ1) is 20.1. The van der Waals surface area contributed by atoms with E-state index in [1.807, 2.05) is 6.20 Å². The van der Waals surface area contributed by atoms with Gasteiger partial charge in [0, 0.05) is 32.0 Å². The van der Waals surface area contributed by atoms with Crippen molar-refractivity contribution >= 4 is 0 Å². The fraction of sp³-hybridized carbons (Fsp3) is 0.591. The quantitative estimate of drug-likeness (QED) is 0.749. The molecule has 0 saturated carbocycles. The Balaban J connectivity index is 1.71. The van der Waals surface area contributed by atoms with E-state index in [-0.39, 0.29) is 6.61 Å². The average molecular weight is 371 g/mol. The molecule has 0 spiro atoms. The molecule has 27 heavy (non-hydrogen) atoms. The van der Waals surface area contributed by atoms with E-state index in [1.54, 1.807) is 6.20 Å². The van der Waals surface area contributed by atoms with E-state index < -0.39 is 0 Å². The largest absolute Gasteiger partial charge is 0.395 e. The lowest BCUT2D eigenvalue weighted by molar-refractivity contribution is 0.180. The third kappa shape index (κ3) is 5.64. The lowest BCUT2D eigenvalue weighted by atomic mass is 9.96. The normalized spacial score (nSPS) is 16.3. The van der Waals surface area contributed by atoms with Crippen molar-refractivity contribution in [2.45, 2.75) is 53.2 Å². The molecular weight excluding hydrogens is 336 g/mol. The van der Waals surface area contributed by atoms with Crippen LogP contribution in [0, 0.1) is 19.8 Å². The molecular formula is C22H34N4O. The summed E-state index contributed by atoms with van der Waals surface area (Å²) in [7, 11) is 0. The van der Waals surface area contributed by atoms with Crippen molar-refractivity contribution in [3.63, 3.8) is 0 Å². The van der Waals surface area contributed by atoms with Gasteiger partial charge in [-0.05, 0) is 68.0 Å². The van der Waals surface area contributed by atoms with Crippen molar-refractivity contribution in [3.8, 4) is 0 Å². The monoisotopic (exact) mass is 370 g/mol. The Morgan fingerprint density at radius 3 is 2.56 bits per heavy atom. The molecule has 1 aliphatic rings. The molecule has 1 aliphatic heterocycles. The van der Waals surface area contributed by atoms with Gasteiger partial charge in [-0.2, -0.15) is 0 Å². The second-order valence-electron chi connectivity index (χ2n) is 8.13. The summed E-state index contributed by atoms with van der Waals surface area (Å²) in [4.78, 5) is 12.3. The van der Waals surface area contributed by atoms with Crippen LogP contribution >= 0.6 is 0 Å². The molecule has 2 heterocycles. The standard InChI is InChI=1S/C22H34N4O/c1-17-4-8-25(9-5-17)14-20-13-21(19(3)12-18(20)2)15-26(10-11-27)16-22-23-6-7-24-22/h6-7,12-13,17,27H,4-5,8-11,14-16H2,1-3H3,(H,23,24). The SMILES string of the molecule is Cc1cc(C)c(CN(CCO)Cc2ncc[nH]2)cc1CN1CCC(C)CC1. The van der Waals surface area contributed by atoms with Crippen LogP contribution in [-0.2, 0) is 19.6 Å². The average Bonchev–Trinajstić information content (AvgIpc) is 3.14. The predicted octanol–water partition coefficient (Wildman–Crippen LogP) is 3.25. The topological polar surface area (TPSA) is 55.4 Å². The van der Waals surface area contributed by atoms with Crippen LogP contribution in [0.15, 0.2) is 24.5 Å². The maximum Gasteiger partial charge on any atom is 0.120 e. The minimum absolute atomic E-state index is 0.157. The lowest BCUT2D eigenvalue weighted by Gasteiger charge is -2.31. The van der Waals surface area contributed by atoms with Gasteiger partial charge < -0.3 is 10.1 Å². The third-order valence-electron chi connectivity index (χ3n) is 5.80. The summed E-state index contributed by atoms with van der Waals surface area (Å²) in [5, 5.41) is 9.47. The molecule has 0 aliphatic carbocycles. The maximum absolute atomic E-state index is 9.47. The van der Waals surface area contributed by atoms with Crippen LogP contribution in [0.1, 0.15) is 47.8 Å². The van der Waals surface area contributed by atoms with Crippen molar-refractivity contribution in [2.24, 2.45) is 5.92 Å². The second kappa shape index (κ2) is 9.49. The Labute approximate surface area is 163 Å². The van der Waals surface area contributed by atoms with Gasteiger partial charge >= 0.3 is 0 Å². The summed E-state index contributed by atoms with van der Waals surface area (Å²) in [5.41, 5.74) is 5.49. The molecule has 2 N–H and O–H groups in total. The summed E-state index contributed by atoms with van der Waals surface area (Å²) >= 11 is 0. The molecule has 1 aromatic heterocycles. The van der Waals surface area contributed by atoms with Gasteiger partial charge in [-0.3, -0.25) is 9.80 Å². The smallest absolute Gasteiger partial charge is 0.120 e. The third-order valence-corrected chi connectivity index (χ3v) is 5.80. The molecule has 3 rings (SSSR count). The first-order chi connectivity index (χ1) is 13.0. The minimum atomic E-state index is 0.157. The van der Waals surface area contributed by atoms with E-state index in [2.05, 4.69) is 52.7 Å². The second-order valence-corrected chi connectivity index (χ2v) is 8.13. The molecule has 5 heteroatoms. The zero-order valence-electron chi connectivity index (χ0n) is 17.0. The van der Waals surface area contributed by atoms with E-state index in [0.717, 1.165) is 31.4 Å². The molecule has 148 valence electrons. The van der Waals surface area contributed by atoms with Crippen LogP contribution in [0.4, 0.5) is 0 Å². The van der Waals surface area contributed by atoms with Crippen LogP contribution in [0.2, 0.25) is 0 Å². The molecule has 0 unspecified atom stereocenters. The van der Waals surface area contributed by atoms with Crippen molar-refractivity contribution in [1.82, 2.24) is 19.8 Å². The minimum Gasteiger partial charge on any atom is -0.395 e. The highest BCUT2D eigenvalue weighted by molar-refractivity contribution is 5.37. The number of piperidine rings is 1. The Kier molecular flexibility index (Phi) is 7.05. The van der Waals surface area contributed by atoms with E-state index in [1.165, 1.54) is 48.2 Å². The van der Waals surface area contributed by atoms with Crippen molar-refractivity contribution in [2.75, 3.05) is 26.2 Å². The Bertz CT molecular complexity index is 705. The van der Waals surface area contributed by atoms with Crippen LogP contribution < -0.4 is 0 Å². The Hall–Kier alpha value is -1.69. The maximum atomic E-state index is 9.47. The number of nitrogens with zero attached hydrogens (tertiary/aromatic N) is 3. The van der Waals surface area contributed by atoms with Gasteiger partial charge in [0.25, 0.3) is 0 Å². The molecule has 1 fully saturated rings. The number of likely N-dealkylation sites (tertiary alicyclic amines) is 1. The molecule has 1 aromatic carbocycles. The molecule has 2 aromatic rings. The molecule has 0 radical (unpaired) electrons. The van der Waals surface area contributed by atoms with Gasteiger partial charge in [-0.25, -0.2) is 4.98 Å². The fourth-order valence-corrected chi connectivity index (χ4v) is 3.94. The highest BCUT2D eigenvalue weighted by atomic mass is 16.3. The van der Waals surface area contributed by atoms with Crippen LogP contribution in [0.5, 0.6) is 0 Å². The van der Waals surface area contributed by atoms with Gasteiger partial charge in [0.15, 0.2) is 0 Å². The predicted molar refractivity (Wildman–Crippen MR) is 109 cm³/mol. The van der Waals surface area contributed by atoms with Gasteiger partial charge in [-0.1, -0.05) is 19.1 Å². The molecule has 5 nitrogen and oxygen atoms in total. The highest BCUT2D eigenvalue weighted by Crippen LogP contribution is 2.23. The zero-order chi connectivity index (χ0) is 19.2. The van der Waals surface area contributed by atoms with Crippen molar-refractivity contribution in [1.29, 1.82) is 0 Å². The number of aromatic nitrogens is 2. The van der Waals surface area contributed by atoms with Gasteiger partial charge in [0.1, 0.15) is 5.82 Å². The van der Waals surface area contributed by atoms with E-state index in [0.29, 0.717) is 6.54 Å². The number of aromatic amines is 1. The summed E-state index contributed by atoms with van der Waals surface area (Å²) in [5.74, 6) is 1.81. The fourth-order valence-electron chi connectivity index (χ4n) is 3.94. The number of hydrogen-bond acceptors (Lipinski definition) is 4. The van der Waals surface area contributed by atoms with Gasteiger partial charge in [-0.15, -0.1) is 0 Å². The van der Waals surface area contributed by atoms with E-state index >= 15 is 0 Å². The summed E-state index contributed by atoms with van der Waals surface area (Å²) in [6.07, 6.45) is 6.25. The summed E-state index contributed by atoms with van der Waals surface area (Å²) < 4.78 is 0. The number of aryl methyl sites for hydroxylation is 2. The number of hydrogen-bond donors (Lipinski definition) is 2. The first-order valence-corrected chi connectivity index (χ1v) is 10.2. The molecule has 0 amide bonds. The lowest BCUT2D eigenvalue weighted by Crippen LogP contribution is -2.32. The van der Waals surface area contributed by atoms with Crippen LogP contribution in [0.25, 0.3) is 0 Å². The number of rotatable bonds is 8. The first-order valence-electron chi connectivity index (χ1n) is 10.2. The Morgan fingerprint density at radius 1 is 1.15 bits per heavy atom.